The molecule has 0 aliphatic heterocycles. The smallest absolute Gasteiger partial charge is 0.267 e. The van der Waals surface area contributed by atoms with Crippen LogP contribution in [0.5, 0.6) is 0 Å². The van der Waals surface area contributed by atoms with Gasteiger partial charge in [-0.05, 0) is 25.5 Å². The van der Waals surface area contributed by atoms with Crippen molar-refractivity contribution in [1.29, 1.82) is 0 Å². The summed E-state index contributed by atoms with van der Waals surface area (Å²) in [5.74, 6) is -0.323. The van der Waals surface area contributed by atoms with Gasteiger partial charge in [0, 0.05) is 22.8 Å². The van der Waals surface area contributed by atoms with Gasteiger partial charge in [-0.15, -0.1) is 0 Å². The van der Waals surface area contributed by atoms with Gasteiger partial charge in [0.05, 0.1) is 11.1 Å². The molecule has 6 nitrogen and oxygen atoms in total. The lowest BCUT2D eigenvalue weighted by atomic mass is 10.1. The Labute approximate surface area is 127 Å². The van der Waals surface area contributed by atoms with Crippen LogP contribution < -0.4 is 5.43 Å². The van der Waals surface area contributed by atoms with Crippen molar-refractivity contribution < 1.29 is 9.72 Å². The fourth-order valence-corrected chi connectivity index (χ4v) is 1.96. The van der Waals surface area contributed by atoms with Crippen LogP contribution in [-0.4, -0.2) is 17.0 Å². The van der Waals surface area contributed by atoms with Crippen molar-refractivity contribution in [2.24, 2.45) is 5.10 Å². The highest BCUT2D eigenvalue weighted by Crippen LogP contribution is 2.18. The van der Waals surface area contributed by atoms with Crippen LogP contribution in [-0.2, 0) is 0 Å². The Hall–Kier alpha value is -3.02. The van der Waals surface area contributed by atoms with E-state index in [1.165, 1.54) is 12.3 Å². The molecule has 2 aromatic carbocycles. The third kappa shape index (κ3) is 3.54. The third-order valence-electron chi connectivity index (χ3n) is 3.20. The van der Waals surface area contributed by atoms with Crippen LogP contribution in [0, 0.1) is 24.0 Å². The Balaban J connectivity index is 2.10. The fourth-order valence-electron chi connectivity index (χ4n) is 1.96. The number of hydrogen-bond donors (Lipinski definition) is 1. The molecular formula is C16H15N3O3. The van der Waals surface area contributed by atoms with Gasteiger partial charge in [-0.3, -0.25) is 14.9 Å². The minimum Gasteiger partial charge on any atom is -0.267 e. The molecule has 0 spiro atoms. The second-order valence-electron chi connectivity index (χ2n) is 4.82. The summed E-state index contributed by atoms with van der Waals surface area (Å²) in [6, 6.07) is 11.9. The summed E-state index contributed by atoms with van der Waals surface area (Å²) < 4.78 is 0. The van der Waals surface area contributed by atoms with Gasteiger partial charge in [0.25, 0.3) is 11.6 Å². The summed E-state index contributed by atoms with van der Waals surface area (Å²) in [6.45, 7) is 3.50. The maximum absolute atomic E-state index is 12.0. The van der Waals surface area contributed by atoms with Gasteiger partial charge in [-0.25, -0.2) is 5.43 Å². The van der Waals surface area contributed by atoms with Crippen LogP contribution in [0.3, 0.4) is 0 Å². The predicted octanol–water partition coefficient (Wildman–Crippen LogP) is 2.98. The Morgan fingerprint density at radius 3 is 2.59 bits per heavy atom. The number of hydrazone groups is 1. The minimum atomic E-state index is -0.446. The van der Waals surface area contributed by atoms with Crippen molar-refractivity contribution >= 4 is 17.8 Å². The van der Waals surface area contributed by atoms with Crippen molar-refractivity contribution in [2.45, 2.75) is 13.8 Å². The lowest BCUT2D eigenvalue weighted by Gasteiger charge is -2.03. The highest BCUT2D eigenvalue weighted by Gasteiger charge is 2.10. The summed E-state index contributed by atoms with van der Waals surface area (Å²) in [5.41, 5.74) is 4.94. The van der Waals surface area contributed by atoms with Crippen molar-refractivity contribution in [1.82, 2.24) is 5.43 Å². The molecule has 22 heavy (non-hydrogen) atoms. The van der Waals surface area contributed by atoms with E-state index in [4.69, 9.17) is 0 Å². The molecule has 1 amide bonds. The normalized spacial score (nSPS) is 10.6. The van der Waals surface area contributed by atoms with Crippen LogP contribution in [0.25, 0.3) is 0 Å². The summed E-state index contributed by atoms with van der Waals surface area (Å²) in [6.07, 6.45) is 1.38. The molecule has 2 aromatic rings. The zero-order valence-electron chi connectivity index (χ0n) is 12.2. The molecule has 0 saturated heterocycles. The third-order valence-corrected chi connectivity index (χ3v) is 3.20. The van der Waals surface area contributed by atoms with Gasteiger partial charge < -0.3 is 0 Å². The van der Waals surface area contributed by atoms with Gasteiger partial charge in [0.1, 0.15) is 0 Å². The number of nitrogens with one attached hydrogen (secondary N) is 1. The van der Waals surface area contributed by atoms with Gasteiger partial charge >= 0.3 is 0 Å². The maximum Gasteiger partial charge on any atom is 0.272 e. The van der Waals surface area contributed by atoms with Crippen molar-refractivity contribution in [3.8, 4) is 0 Å². The van der Waals surface area contributed by atoms with E-state index in [2.05, 4.69) is 10.5 Å². The van der Waals surface area contributed by atoms with E-state index < -0.39 is 4.92 Å². The van der Waals surface area contributed by atoms with Crippen molar-refractivity contribution in [3.05, 3.63) is 74.8 Å². The first-order valence-corrected chi connectivity index (χ1v) is 6.63. The molecule has 0 aliphatic rings. The topological polar surface area (TPSA) is 84.6 Å². The summed E-state index contributed by atoms with van der Waals surface area (Å²) >= 11 is 0. The van der Waals surface area contributed by atoms with Crippen molar-refractivity contribution in [3.63, 3.8) is 0 Å². The molecule has 0 saturated carbocycles. The molecular weight excluding hydrogens is 282 g/mol. The zero-order valence-corrected chi connectivity index (χ0v) is 12.2. The van der Waals surface area contributed by atoms with Gasteiger partial charge in [-0.2, -0.15) is 5.10 Å². The lowest BCUT2D eigenvalue weighted by molar-refractivity contribution is -0.385. The van der Waals surface area contributed by atoms with Gasteiger partial charge in [0.2, 0.25) is 0 Å². The van der Waals surface area contributed by atoms with E-state index in [-0.39, 0.29) is 11.6 Å². The highest BCUT2D eigenvalue weighted by atomic mass is 16.6. The molecule has 0 aromatic heterocycles. The number of amides is 1. The monoisotopic (exact) mass is 297 g/mol. The first kappa shape index (κ1) is 15.4. The van der Waals surface area contributed by atoms with Crippen LogP contribution >= 0.6 is 0 Å². The average Bonchev–Trinajstić information content (AvgIpc) is 2.49. The molecule has 0 fully saturated rings. The van der Waals surface area contributed by atoms with E-state index in [0.717, 1.165) is 5.56 Å². The largest absolute Gasteiger partial charge is 0.272 e. The number of benzene rings is 2. The van der Waals surface area contributed by atoms with E-state index in [0.29, 0.717) is 16.7 Å². The second kappa shape index (κ2) is 6.62. The Bertz CT molecular complexity index is 754. The van der Waals surface area contributed by atoms with Crippen LogP contribution in [0.4, 0.5) is 5.69 Å². The van der Waals surface area contributed by atoms with E-state index in [1.807, 2.05) is 19.1 Å². The lowest BCUT2D eigenvalue weighted by Crippen LogP contribution is -2.18. The standard InChI is InChI=1S/C16H15N3O3/c1-11-5-3-4-6-14(11)16(20)18-17-10-13-8-7-12(2)15(9-13)19(21)22/h3-10H,1-2H3,(H,18,20)/b17-10-. The quantitative estimate of drug-likeness (QED) is 0.535. The molecule has 2 rings (SSSR count). The minimum absolute atomic E-state index is 0.0224. The summed E-state index contributed by atoms with van der Waals surface area (Å²) in [7, 11) is 0. The van der Waals surface area contributed by atoms with Crippen LogP contribution in [0.2, 0.25) is 0 Å². The first-order valence-electron chi connectivity index (χ1n) is 6.63. The molecule has 6 heteroatoms. The SMILES string of the molecule is Cc1ccccc1C(=O)N/N=C\c1ccc(C)c([N+](=O)[O-])c1. The van der Waals surface area contributed by atoms with Crippen LogP contribution in [0.15, 0.2) is 47.6 Å². The molecule has 0 unspecified atom stereocenters. The number of nitrogens with zero attached hydrogens (tertiary/aromatic N) is 2. The molecule has 1 N–H and O–H groups in total. The van der Waals surface area contributed by atoms with Gasteiger partial charge in [0.15, 0.2) is 0 Å². The van der Waals surface area contributed by atoms with Gasteiger partial charge in [-0.1, -0.05) is 30.3 Å². The number of carbonyl (C=O) groups excluding carboxylic acids is 1. The second-order valence-corrected chi connectivity index (χ2v) is 4.82. The number of carbonyl (C=O) groups is 1. The van der Waals surface area contributed by atoms with E-state index in [9.17, 15) is 14.9 Å². The van der Waals surface area contributed by atoms with Crippen LogP contribution in [0.1, 0.15) is 27.0 Å². The average molecular weight is 297 g/mol. The molecule has 0 bridgehead atoms. The zero-order chi connectivity index (χ0) is 16.1. The summed E-state index contributed by atoms with van der Waals surface area (Å²) in [4.78, 5) is 22.4. The molecule has 112 valence electrons. The predicted molar refractivity (Wildman–Crippen MR) is 84.1 cm³/mol. The number of hydrogen-bond acceptors (Lipinski definition) is 4. The maximum atomic E-state index is 12.0. The molecule has 0 atom stereocenters. The number of nitro benzene ring substituents is 1. The molecule has 0 heterocycles. The highest BCUT2D eigenvalue weighted by molar-refractivity contribution is 5.96. The van der Waals surface area contributed by atoms with Crippen molar-refractivity contribution in [2.75, 3.05) is 0 Å². The fraction of sp³-hybridized carbons (Fsp3) is 0.125. The Morgan fingerprint density at radius 1 is 1.18 bits per heavy atom. The molecule has 0 radical (unpaired) electrons. The number of nitro groups is 1. The number of rotatable bonds is 4. The number of aryl methyl sites for hydroxylation is 2. The van der Waals surface area contributed by atoms with E-state index in [1.54, 1.807) is 31.2 Å². The molecule has 0 aliphatic carbocycles. The summed E-state index contributed by atoms with van der Waals surface area (Å²) in [5, 5.41) is 14.7. The van der Waals surface area contributed by atoms with E-state index >= 15 is 0 Å². The first-order chi connectivity index (χ1) is 10.5. The Morgan fingerprint density at radius 2 is 1.91 bits per heavy atom. The Kier molecular flexibility index (Phi) is 4.63.